The molecule has 4 heteroatoms. The largest absolute Gasteiger partial charge is 0.497 e. The lowest BCUT2D eigenvalue weighted by Gasteiger charge is -2.19. The van der Waals surface area contributed by atoms with Gasteiger partial charge in [-0.05, 0) is 29.8 Å². The van der Waals surface area contributed by atoms with Gasteiger partial charge in [0.1, 0.15) is 28.6 Å². The van der Waals surface area contributed by atoms with Crippen molar-refractivity contribution in [2.45, 2.75) is 6.61 Å². The minimum atomic E-state index is 0.0423. The van der Waals surface area contributed by atoms with Crippen LogP contribution in [0.4, 0.5) is 17.1 Å². The fourth-order valence-corrected chi connectivity index (χ4v) is 2.79. The second kappa shape index (κ2) is 7.83. The first-order valence-electron chi connectivity index (χ1n) is 8.11. The molecule has 4 nitrogen and oxygen atoms in total. The van der Waals surface area contributed by atoms with Gasteiger partial charge in [-0.2, -0.15) is 0 Å². The van der Waals surface area contributed by atoms with Crippen molar-refractivity contribution in [1.29, 1.82) is 0 Å². The second-order valence-corrected chi connectivity index (χ2v) is 5.69. The highest BCUT2D eigenvalue weighted by atomic mass is 16.5. The molecule has 0 spiro atoms. The summed E-state index contributed by atoms with van der Waals surface area (Å²) in [5.74, 6) is 1.65. The molecule has 3 aromatic rings. The van der Waals surface area contributed by atoms with E-state index in [1.165, 1.54) is 0 Å². The zero-order valence-corrected chi connectivity index (χ0v) is 14.4. The molecule has 0 radical (unpaired) electrons. The Morgan fingerprint density at radius 2 is 1.00 bits per heavy atom. The number of benzene rings is 3. The molecule has 0 saturated carbocycles. The molecular weight excluding hydrogens is 314 g/mol. The summed E-state index contributed by atoms with van der Waals surface area (Å²) < 4.78 is 10.5. The highest BCUT2D eigenvalue weighted by molar-refractivity contribution is 5.49. The number of aliphatic hydroxyl groups is 1. The summed E-state index contributed by atoms with van der Waals surface area (Å²) in [6.07, 6.45) is 0. The standard InChI is InChI=1S/C21H21NO3/c1-24-20-11-7-18(8-12-20)22(17-5-3-16(15-23)4-6-17)19-9-13-21(25-2)14-10-19/h3-14,23H,15H2,1-2H3/p+1. The fourth-order valence-electron chi connectivity index (χ4n) is 2.79. The average molecular weight is 336 g/mol. The minimum absolute atomic E-state index is 0.0423. The van der Waals surface area contributed by atoms with E-state index in [2.05, 4.69) is 24.3 Å². The van der Waals surface area contributed by atoms with E-state index in [-0.39, 0.29) is 6.61 Å². The Bertz CT molecular complexity index is 683. The van der Waals surface area contributed by atoms with Gasteiger partial charge in [-0.25, -0.2) is 4.90 Å². The Labute approximate surface area is 147 Å². The van der Waals surface area contributed by atoms with Crippen LogP contribution in [0.5, 0.6) is 11.5 Å². The van der Waals surface area contributed by atoms with Gasteiger partial charge in [-0.3, -0.25) is 0 Å². The smallest absolute Gasteiger partial charge is 0.141 e. The highest BCUT2D eigenvalue weighted by Crippen LogP contribution is 2.20. The van der Waals surface area contributed by atoms with Gasteiger partial charge in [-0.1, -0.05) is 12.1 Å². The molecular formula is C21H22NO3+. The lowest BCUT2D eigenvalue weighted by Crippen LogP contribution is -2.96. The third kappa shape index (κ3) is 3.82. The maximum absolute atomic E-state index is 9.28. The van der Waals surface area contributed by atoms with E-state index in [9.17, 15) is 5.11 Å². The molecule has 0 bridgehead atoms. The van der Waals surface area contributed by atoms with Crippen LogP contribution in [0.2, 0.25) is 0 Å². The molecule has 0 heterocycles. The first-order chi connectivity index (χ1) is 12.2. The van der Waals surface area contributed by atoms with E-state index in [1.54, 1.807) is 14.2 Å². The summed E-state index contributed by atoms with van der Waals surface area (Å²) in [7, 11) is 3.33. The number of methoxy groups -OCH3 is 2. The maximum atomic E-state index is 9.28. The van der Waals surface area contributed by atoms with E-state index in [0.29, 0.717) is 0 Å². The summed E-state index contributed by atoms with van der Waals surface area (Å²) in [5, 5.41) is 9.28. The number of rotatable bonds is 6. The van der Waals surface area contributed by atoms with E-state index < -0.39 is 0 Å². The summed E-state index contributed by atoms with van der Waals surface area (Å²) >= 11 is 0. The van der Waals surface area contributed by atoms with Crippen LogP contribution in [-0.2, 0) is 6.61 Å². The Hall–Kier alpha value is -2.82. The molecule has 0 aromatic heterocycles. The second-order valence-electron chi connectivity index (χ2n) is 5.69. The van der Waals surface area contributed by atoms with Gasteiger partial charge in [0, 0.05) is 36.4 Å². The van der Waals surface area contributed by atoms with Crippen molar-refractivity contribution in [1.82, 2.24) is 0 Å². The first kappa shape index (κ1) is 17.0. The molecule has 0 aliphatic heterocycles. The number of hydrogen-bond donors (Lipinski definition) is 2. The lowest BCUT2D eigenvalue weighted by atomic mass is 10.1. The van der Waals surface area contributed by atoms with Crippen molar-refractivity contribution in [2.75, 3.05) is 14.2 Å². The van der Waals surface area contributed by atoms with E-state index in [0.717, 1.165) is 39.0 Å². The van der Waals surface area contributed by atoms with E-state index >= 15 is 0 Å². The van der Waals surface area contributed by atoms with Gasteiger partial charge in [-0.15, -0.1) is 0 Å². The van der Waals surface area contributed by atoms with Crippen LogP contribution in [-0.4, -0.2) is 19.3 Å². The molecule has 0 amide bonds. The van der Waals surface area contributed by atoms with Crippen molar-refractivity contribution in [2.24, 2.45) is 0 Å². The minimum Gasteiger partial charge on any atom is -0.497 e. The van der Waals surface area contributed by atoms with Gasteiger partial charge in [0.05, 0.1) is 20.8 Å². The molecule has 0 atom stereocenters. The molecule has 0 unspecified atom stereocenters. The van der Waals surface area contributed by atoms with Crippen LogP contribution in [0.1, 0.15) is 5.56 Å². The molecule has 128 valence electrons. The van der Waals surface area contributed by atoms with Crippen molar-refractivity contribution >= 4 is 17.1 Å². The normalized spacial score (nSPS) is 10.7. The van der Waals surface area contributed by atoms with Crippen molar-refractivity contribution in [3.05, 3.63) is 78.4 Å². The summed E-state index contributed by atoms with van der Waals surface area (Å²) in [6, 6.07) is 24.0. The summed E-state index contributed by atoms with van der Waals surface area (Å²) in [5.41, 5.74) is 4.19. The predicted molar refractivity (Wildman–Crippen MR) is 98.3 cm³/mol. The van der Waals surface area contributed by atoms with Crippen LogP contribution in [0, 0.1) is 0 Å². The highest BCUT2D eigenvalue weighted by Gasteiger charge is 2.19. The predicted octanol–water partition coefficient (Wildman–Crippen LogP) is 3.38. The SMILES string of the molecule is COc1ccc([NH+](c2ccc(CO)cc2)c2ccc(OC)cc2)cc1. The molecule has 0 aliphatic rings. The molecule has 2 N–H and O–H groups in total. The van der Waals surface area contributed by atoms with Gasteiger partial charge in [0.15, 0.2) is 0 Å². The zero-order chi connectivity index (χ0) is 17.6. The molecule has 3 rings (SSSR count). The van der Waals surface area contributed by atoms with Crippen molar-refractivity contribution < 1.29 is 19.5 Å². The van der Waals surface area contributed by atoms with Gasteiger partial charge >= 0.3 is 0 Å². The zero-order valence-electron chi connectivity index (χ0n) is 14.4. The Kier molecular flexibility index (Phi) is 5.33. The Morgan fingerprint density at radius 1 is 0.640 bits per heavy atom. The maximum Gasteiger partial charge on any atom is 0.141 e. The van der Waals surface area contributed by atoms with Crippen molar-refractivity contribution in [3.8, 4) is 11.5 Å². The lowest BCUT2D eigenvalue weighted by molar-refractivity contribution is -0.681. The number of nitrogens with one attached hydrogen (secondary N) is 1. The molecule has 0 saturated heterocycles. The molecule has 3 aromatic carbocycles. The van der Waals surface area contributed by atoms with Crippen LogP contribution in [0.3, 0.4) is 0 Å². The number of aliphatic hydroxyl groups excluding tert-OH is 1. The Morgan fingerprint density at radius 3 is 1.32 bits per heavy atom. The van der Waals surface area contributed by atoms with Crippen LogP contribution >= 0.6 is 0 Å². The van der Waals surface area contributed by atoms with Crippen LogP contribution in [0.25, 0.3) is 0 Å². The molecule has 0 fully saturated rings. The average Bonchev–Trinajstić information content (AvgIpc) is 2.70. The quantitative estimate of drug-likeness (QED) is 0.725. The van der Waals surface area contributed by atoms with Gasteiger partial charge < -0.3 is 14.6 Å². The number of hydrogen-bond acceptors (Lipinski definition) is 3. The summed E-state index contributed by atoms with van der Waals surface area (Å²) in [4.78, 5) is 1.12. The third-order valence-corrected chi connectivity index (χ3v) is 4.18. The fraction of sp³-hybridized carbons (Fsp3) is 0.143. The number of quaternary nitrogens is 1. The van der Waals surface area contributed by atoms with Crippen LogP contribution in [0.15, 0.2) is 72.8 Å². The van der Waals surface area contributed by atoms with Crippen molar-refractivity contribution in [3.63, 3.8) is 0 Å². The molecule has 25 heavy (non-hydrogen) atoms. The first-order valence-corrected chi connectivity index (χ1v) is 8.11. The van der Waals surface area contributed by atoms with E-state index in [1.807, 2.05) is 48.5 Å². The number of ether oxygens (including phenoxy) is 2. The van der Waals surface area contributed by atoms with Gasteiger partial charge in [0.25, 0.3) is 0 Å². The molecule has 0 aliphatic carbocycles. The summed E-state index contributed by atoms with van der Waals surface area (Å²) in [6.45, 7) is 0.0423. The van der Waals surface area contributed by atoms with Crippen LogP contribution < -0.4 is 14.4 Å². The van der Waals surface area contributed by atoms with E-state index in [4.69, 9.17) is 9.47 Å². The monoisotopic (exact) mass is 336 g/mol. The Balaban J connectivity index is 2.04. The third-order valence-electron chi connectivity index (χ3n) is 4.18. The topological polar surface area (TPSA) is 43.1 Å². The van der Waals surface area contributed by atoms with Gasteiger partial charge in [0.2, 0.25) is 0 Å².